The number of rotatable bonds is 3. The van der Waals surface area contributed by atoms with Crippen LogP contribution in [0.15, 0.2) is 24.3 Å². The molecule has 2 bridgehead atoms. The third-order valence-electron chi connectivity index (χ3n) is 6.49. The van der Waals surface area contributed by atoms with E-state index in [9.17, 15) is 9.59 Å². The first kappa shape index (κ1) is 17.0. The van der Waals surface area contributed by atoms with Crippen LogP contribution in [0.25, 0.3) is 0 Å². The van der Waals surface area contributed by atoms with Gasteiger partial charge in [0.05, 0.1) is 10.2 Å². The van der Waals surface area contributed by atoms with Gasteiger partial charge in [0.2, 0.25) is 5.91 Å². The van der Waals surface area contributed by atoms with Crippen LogP contribution < -0.4 is 5.32 Å². The van der Waals surface area contributed by atoms with Gasteiger partial charge in [-0.1, -0.05) is 60.4 Å². The number of ketones is 1. The number of hydrogen-bond donors (Lipinski definition) is 1. The third kappa shape index (κ3) is 2.07. The fourth-order valence-corrected chi connectivity index (χ4v) is 6.04. The molecule has 3 atom stereocenters. The Kier molecular flexibility index (Phi) is 3.92. The zero-order valence-electron chi connectivity index (χ0n) is 13.6. The lowest BCUT2D eigenvalue weighted by Crippen LogP contribution is -2.50. The summed E-state index contributed by atoms with van der Waals surface area (Å²) in [5, 5.41) is 3.71. The molecule has 124 valence electrons. The lowest BCUT2D eigenvalue weighted by Gasteiger charge is -2.39. The topological polar surface area (TPSA) is 46.2 Å². The second-order valence-electron chi connectivity index (χ2n) is 7.46. The maximum absolute atomic E-state index is 13.1. The second kappa shape index (κ2) is 5.32. The van der Waals surface area contributed by atoms with Crippen molar-refractivity contribution in [3.05, 3.63) is 34.9 Å². The minimum absolute atomic E-state index is 0.0334. The SMILES string of the molecule is CC12CCC(C(=O)NCc3ccc(Cl)cc3)(C(Br)C1=O)C2(C)C. The Balaban J connectivity index is 1.84. The molecule has 1 amide bonds. The Morgan fingerprint density at radius 1 is 1.26 bits per heavy atom. The van der Waals surface area contributed by atoms with E-state index in [0.29, 0.717) is 11.6 Å². The van der Waals surface area contributed by atoms with Crippen molar-refractivity contribution in [1.29, 1.82) is 0 Å². The van der Waals surface area contributed by atoms with Crippen molar-refractivity contribution in [3.8, 4) is 0 Å². The molecule has 2 saturated carbocycles. The summed E-state index contributed by atoms with van der Waals surface area (Å²) in [6.07, 6.45) is 1.51. The Hall–Kier alpha value is -0.870. The number of carbonyl (C=O) groups excluding carboxylic acids is 2. The first-order chi connectivity index (χ1) is 10.7. The summed E-state index contributed by atoms with van der Waals surface area (Å²) < 4.78 is 0. The molecule has 1 N–H and O–H groups in total. The van der Waals surface area contributed by atoms with Gasteiger partial charge >= 0.3 is 0 Å². The van der Waals surface area contributed by atoms with Gasteiger partial charge in [0.1, 0.15) is 0 Å². The van der Waals surface area contributed by atoms with E-state index in [-0.39, 0.29) is 17.1 Å². The molecule has 3 unspecified atom stereocenters. The molecule has 3 rings (SSSR count). The summed E-state index contributed by atoms with van der Waals surface area (Å²) >= 11 is 9.42. The van der Waals surface area contributed by atoms with Crippen LogP contribution in [-0.4, -0.2) is 16.5 Å². The molecule has 2 fully saturated rings. The molecule has 0 saturated heterocycles. The largest absolute Gasteiger partial charge is 0.351 e. The Labute approximate surface area is 150 Å². The smallest absolute Gasteiger partial charge is 0.228 e. The molecule has 3 nitrogen and oxygen atoms in total. The number of alkyl halides is 1. The van der Waals surface area contributed by atoms with E-state index in [0.717, 1.165) is 18.4 Å². The molecule has 0 spiro atoms. The van der Waals surface area contributed by atoms with Crippen LogP contribution in [0.5, 0.6) is 0 Å². The molecule has 0 aromatic heterocycles. The van der Waals surface area contributed by atoms with Crippen LogP contribution in [0.1, 0.15) is 39.2 Å². The fraction of sp³-hybridized carbons (Fsp3) is 0.556. The van der Waals surface area contributed by atoms with Gasteiger partial charge in [-0.2, -0.15) is 0 Å². The quantitative estimate of drug-likeness (QED) is 0.779. The van der Waals surface area contributed by atoms with Crippen molar-refractivity contribution >= 4 is 39.2 Å². The summed E-state index contributed by atoms with van der Waals surface area (Å²) in [4.78, 5) is 25.3. The van der Waals surface area contributed by atoms with Gasteiger partial charge < -0.3 is 5.32 Å². The van der Waals surface area contributed by atoms with Gasteiger partial charge in [-0.05, 0) is 36.0 Å². The second-order valence-corrected chi connectivity index (χ2v) is 8.82. The highest BCUT2D eigenvalue weighted by molar-refractivity contribution is 9.10. The number of hydrogen-bond acceptors (Lipinski definition) is 2. The summed E-state index contributed by atoms with van der Waals surface area (Å²) in [5.74, 6) is 0.129. The third-order valence-corrected chi connectivity index (χ3v) is 7.94. The van der Waals surface area contributed by atoms with E-state index in [1.165, 1.54) is 0 Å². The number of amides is 1. The number of carbonyl (C=O) groups is 2. The molecule has 0 heterocycles. The molecule has 0 aliphatic heterocycles. The summed E-state index contributed by atoms with van der Waals surface area (Å²) in [7, 11) is 0. The van der Waals surface area contributed by atoms with Crippen molar-refractivity contribution in [2.24, 2.45) is 16.2 Å². The van der Waals surface area contributed by atoms with Crippen LogP contribution in [-0.2, 0) is 16.1 Å². The Morgan fingerprint density at radius 3 is 2.39 bits per heavy atom. The first-order valence-corrected chi connectivity index (χ1v) is 9.17. The molecule has 2 aliphatic carbocycles. The standard InChI is InChI=1S/C18H21BrClNO2/c1-16(2)17(3)8-9-18(16,13(19)14(17)22)15(23)21-10-11-4-6-12(20)7-5-11/h4-7,13H,8-10H2,1-3H3,(H,21,23). The van der Waals surface area contributed by atoms with E-state index < -0.39 is 15.7 Å². The average Bonchev–Trinajstić information content (AvgIpc) is 2.78. The van der Waals surface area contributed by atoms with Crippen molar-refractivity contribution in [2.75, 3.05) is 0 Å². The van der Waals surface area contributed by atoms with Crippen LogP contribution in [0, 0.1) is 16.2 Å². The van der Waals surface area contributed by atoms with Gasteiger partial charge in [0.25, 0.3) is 0 Å². The molecule has 0 radical (unpaired) electrons. The summed E-state index contributed by atoms with van der Waals surface area (Å²) in [6, 6.07) is 7.42. The molecular formula is C18H21BrClNO2. The van der Waals surface area contributed by atoms with Crippen LogP contribution in [0.3, 0.4) is 0 Å². The first-order valence-electron chi connectivity index (χ1n) is 7.88. The highest BCUT2D eigenvalue weighted by Crippen LogP contribution is 2.72. The van der Waals surface area contributed by atoms with Crippen molar-refractivity contribution in [3.63, 3.8) is 0 Å². The number of nitrogens with one attached hydrogen (secondary N) is 1. The predicted octanol–water partition coefficient (Wildman–Crippen LogP) is 4.12. The van der Waals surface area contributed by atoms with Gasteiger partial charge in [-0.25, -0.2) is 0 Å². The van der Waals surface area contributed by atoms with E-state index in [2.05, 4.69) is 35.1 Å². The number of halogens is 2. The number of Topliss-reactive ketones (excluding diaryl/α,β-unsaturated/α-hetero) is 1. The maximum atomic E-state index is 13.1. The van der Waals surface area contributed by atoms with E-state index in [1.54, 1.807) is 0 Å². The van der Waals surface area contributed by atoms with Crippen LogP contribution >= 0.6 is 27.5 Å². The Bertz CT molecular complexity index is 672. The molecule has 23 heavy (non-hydrogen) atoms. The molecule has 5 heteroatoms. The maximum Gasteiger partial charge on any atom is 0.228 e. The lowest BCUT2D eigenvalue weighted by atomic mass is 9.64. The monoisotopic (exact) mass is 397 g/mol. The van der Waals surface area contributed by atoms with Gasteiger partial charge in [-0.3, -0.25) is 9.59 Å². The zero-order chi connectivity index (χ0) is 17.0. The molecule has 1 aromatic carbocycles. The van der Waals surface area contributed by atoms with Crippen LogP contribution in [0.2, 0.25) is 5.02 Å². The normalized spacial score (nSPS) is 34.7. The minimum Gasteiger partial charge on any atom is -0.351 e. The van der Waals surface area contributed by atoms with E-state index >= 15 is 0 Å². The highest BCUT2D eigenvalue weighted by atomic mass is 79.9. The highest BCUT2D eigenvalue weighted by Gasteiger charge is 2.76. The van der Waals surface area contributed by atoms with Crippen LogP contribution in [0.4, 0.5) is 0 Å². The van der Waals surface area contributed by atoms with Gasteiger partial charge in [0.15, 0.2) is 5.78 Å². The van der Waals surface area contributed by atoms with Gasteiger partial charge in [0, 0.05) is 17.0 Å². The molecular weight excluding hydrogens is 378 g/mol. The zero-order valence-corrected chi connectivity index (χ0v) is 15.9. The molecule has 1 aromatic rings. The lowest BCUT2D eigenvalue weighted by molar-refractivity contribution is -0.136. The van der Waals surface area contributed by atoms with E-state index in [1.807, 2.05) is 31.2 Å². The van der Waals surface area contributed by atoms with Crippen molar-refractivity contribution < 1.29 is 9.59 Å². The fourth-order valence-electron chi connectivity index (χ4n) is 4.40. The van der Waals surface area contributed by atoms with Gasteiger partial charge in [-0.15, -0.1) is 0 Å². The minimum atomic E-state index is -0.675. The summed E-state index contributed by atoms with van der Waals surface area (Å²) in [6.45, 7) is 6.56. The Morgan fingerprint density at radius 2 is 1.87 bits per heavy atom. The molecule has 2 aliphatic rings. The van der Waals surface area contributed by atoms with E-state index in [4.69, 9.17) is 11.6 Å². The predicted molar refractivity (Wildman–Crippen MR) is 94.6 cm³/mol. The average molecular weight is 399 g/mol. The number of benzene rings is 1. The number of fused-ring (bicyclic) bond motifs is 2. The summed E-state index contributed by atoms with van der Waals surface area (Å²) in [5.41, 5.74) is -0.479. The van der Waals surface area contributed by atoms with Crippen molar-refractivity contribution in [2.45, 2.75) is 45.0 Å². The van der Waals surface area contributed by atoms with Crippen molar-refractivity contribution in [1.82, 2.24) is 5.32 Å².